The number of nitro groups is 1. The standard InChI is InChI=1S/C9H11ClN2O3/c10-8-3-2-7(15-5-1-4-11)6-9(8)12(13)14/h2-3,6H,1,4-5,11H2. The lowest BCUT2D eigenvalue weighted by atomic mass is 10.3. The Bertz CT molecular complexity index is 357. The molecule has 1 aromatic carbocycles. The summed E-state index contributed by atoms with van der Waals surface area (Å²) in [7, 11) is 0. The summed E-state index contributed by atoms with van der Waals surface area (Å²) in [5.41, 5.74) is 5.13. The SMILES string of the molecule is NCCCOc1ccc(Cl)c([N+](=O)[O-])c1. The summed E-state index contributed by atoms with van der Waals surface area (Å²) in [6.45, 7) is 0.963. The quantitative estimate of drug-likeness (QED) is 0.477. The Hall–Kier alpha value is -1.33. The van der Waals surface area contributed by atoms with Crippen molar-refractivity contribution in [3.05, 3.63) is 33.3 Å². The predicted molar refractivity (Wildman–Crippen MR) is 57.3 cm³/mol. The van der Waals surface area contributed by atoms with Crippen LogP contribution in [0.15, 0.2) is 18.2 Å². The van der Waals surface area contributed by atoms with E-state index in [-0.39, 0.29) is 10.7 Å². The van der Waals surface area contributed by atoms with Gasteiger partial charge in [-0.2, -0.15) is 0 Å². The van der Waals surface area contributed by atoms with Gasteiger partial charge in [0.05, 0.1) is 17.6 Å². The van der Waals surface area contributed by atoms with Crippen LogP contribution in [0, 0.1) is 10.1 Å². The first kappa shape index (κ1) is 11.7. The molecule has 15 heavy (non-hydrogen) atoms. The highest BCUT2D eigenvalue weighted by Gasteiger charge is 2.12. The van der Waals surface area contributed by atoms with Gasteiger partial charge in [-0.1, -0.05) is 11.6 Å². The molecule has 0 aliphatic heterocycles. The topological polar surface area (TPSA) is 78.4 Å². The van der Waals surface area contributed by atoms with Crippen LogP contribution in [-0.2, 0) is 0 Å². The third-order valence-corrected chi connectivity index (χ3v) is 2.05. The van der Waals surface area contributed by atoms with Gasteiger partial charge in [-0.3, -0.25) is 10.1 Å². The second-order valence-electron chi connectivity index (χ2n) is 2.86. The lowest BCUT2D eigenvalue weighted by Crippen LogP contribution is -2.06. The highest BCUT2D eigenvalue weighted by molar-refractivity contribution is 6.32. The second-order valence-corrected chi connectivity index (χ2v) is 3.27. The molecule has 5 nitrogen and oxygen atoms in total. The molecule has 0 heterocycles. The molecule has 0 spiro atoms. The molecule has 0 aliphatic carbocycles. The van der Waals surface area contributed by atoms with Gasteiger partial charge in [0.15, 0.2) is 0 Å². The molecule has 0 atom stereocenters. The zero-order valence-electron chi connectivity index (χ0n) is 7.98. The molecule has 82 valence electrons. The lowest BCUT2D eigenvalue weighted by molar-refractivity contribution is -0.384. The van der Waals surface area contributed by atoms with Crippen LogP contribution in [0.2, 0.25) is 5.02 Å². The van der Waals surface area contributed by atoms with Gasteiger partial charge in [0, 0.05) is 0 Å². The fourth-order valence-electron chi connectivity index (χ4n) is 0.996. The van der Waals surface area contributed by atoms with Crippen molar-refractivity contribution in [2.75, 3.05) is 13.2 Å². The van der Waals surface area contributed by atoms with Crippen LogP contribution < -0.4 is 10.5 Å². The number of rotatable bonds is 5. The van der Waals surface area contributed by atoms with Crippen molar-refractivity contribution in [1.29, 1.82) is 0 Å². The highest BCUT2D eigenvalue weighted by atomic mass is 35.5. The van der Waals surface area contributed by atoms with Crippen LogP contribution in [0.5, 0.6) is 5.75 Å². The number of benzene rings is 1. The minimum absolute atomic E-state index is 0.103. The minimum atomic E-state index is -0.544. The fourth-order valence-corrected chi connectivity index (χ4v) is 1.18. The maximum atomic E-state index is 10.5. The first-order valence-electron chi connectivity index (χ1n) is 4.42. The van der Waals surface area contributed by atoms with Crippen molar-refractivity contribution in [3.63, 3.8) is 0 Å². The summed E-state index contributed by atoms with van der Waals surface area (Å²) in [4.78, 5) is 10.0. The molecule has 0 unspecified atom stereocenters. The minimum Gasteiger partial charge on any atom is -0.493 e. The Morgan fingerprint density at radius 3 is 2.87 bits per heavy atom. The van der Waals surface area contributed by atoms with E-state index in [1.807, 2.05) is 0 Å². The molecule has 0 saturated heterocycles. The largest absolute Gasteiger partial charge is 0.493 e. The van der Waals surface area contributed by atoms with Crippen LogP contribution in [0.4, 0.5) is 5.69 Å². The molecule has 0 aliphatic rings. The van der Waals surface area contributed by atoms with E-state index in [0.29, 0.717) is 25.3 Å². The summed E-state index contributed by atoms with van der Waals surface area (Å²) >= 11 is 5.64. The van der Waals surface area contributed by atoms with Gasteiger partial charge in [-0.25, -0.2) is 0 Å². The van der Waals surface area contributed by atoms with E-state index in [1.54, 1.807) is 6.07 Å². The van der Waals surface area contributed by atoms with Crippen LogP contribution in [-0.4, -0.2) is 18.1 Å². The van der Waals surface area contributed by atoms with Crippen molar-refractivity contribution in [2.45, 2.75) is 6.42 Å². The molecule has 1 aromatic rings. The van der Waals surface area contributed by atoms with Crippen LogP contribution in [0.1, 0.15) is 6.42 Å². The first-order valence-corrected chi connectivity index (χ1v) is 4.79. The van der Waals surface area contributed by atoms with Crippen LogP contribution in [0.3, 0.4) is 0 Å². The van der Waals surface area contributed by atoms with E-state index in [9.17, 15) is 10.1 Å². The van der Waals surface area contributed by atoms with E-state index in [4.69, 9.17) is 22.1 Å². The zero-order chi connectivity index (χ0) is 11.3. The molecule has 0 saturated carbocycles. The van der Waals surface area contributed by atoms with Gasteiger partial charge < -0.3 is 10.5 Å². The predicted octanol–water partition coefficient (Wildman–Crippen LogP) is 1.98. The number of nitrogens with two attached hydrogens (primary N) is 1. The first-order chi connectivity index (χ1) is 7.15. The number of nitro benzene ring substituents is 1. The molecular weight excluding hydrogens is 220 g/mol. The van der Waals surface area contributed by atoms with Crippen molar-refractivity contribution < 1.29 is 9.66 Å². The molecule has 1 rings (SSSR count). The van der Waals surface area contributed by atoms with Crippen LogP contribution in [0.25, 0.3) is 0 Å². The maximum absolute atomic E-state index is 10.5. The third-order valence-electron chi connectivity index (χ3n) is 1.73. The number of hydrogen-bond donors (Lipinski definition) is 1. The summed E-state index contributed by atoms with van der Waals surface area (Å²) in [6, 6.07) is 4.34. The van der Waals surface area contributed by atoms with Gasteiger partial charge in [0.1, 0.15) is 10.8 Å². The molecule has 0 fully saturated rings. The van der Waals surface area contributed by atoms with Crippen molar-refractivity contribution in [1.82, 2.24) is 0 Å². The van der Waals surface area contributed by atoms with E-state index in [1.165, 1.54) is 12.1 Å². The Morgan fingerprint density at radius 1 is 1.53 bits per heavy atom. The number of ether oxygens (including phenoxy) is 1. The van der Waals surface area contributed by atoms with Crippen LogP contribution >= 0.6 is 11.6 Å². The van der Waals surface area contributed by atoms with Gasteiger partial charge in [0.25, 0.3) is 5.69 Å². The van der Waals surface area contributed by atoms with Gasteiger partial charge in [-0.05, 0) is 25.1 Å². The number of hydrogen-bond acceptors (Lipinski definition) is 4. The fraction of sp³-hybridized carbons (Fsp3) is 0.333. The Balaban J connectivity index is 2.74. The highest BCUT2D eigenvalue weighted by Crippen LogP contribution is 2.28. The third kappa shape index (κ3) is 3.38. The average Bonchev–Trinajstić information content (AvgIpc) is 2.20. The number of nitrogens with zero attached hydrogens (tertiary/aromatic N) is 1. The van der Waals surface area contributed by atoms with Crippen molar-refractivity contribution in [3.8, 4) is 5.75 Å². The molecule has 0 amide bonds. The molecular formula is C9H11ClN2O3. The van der Waals surface area contributed by atoms with E-state index >= 15 is 0 Å². The average molecular weight is 231 g/mol. The van der Waals surface area contributed by atoms with E-state index < -0.39 is 4.92 Å². The van der Waals surface area contributed by atoms with Gasteiger partial charge in [0.2, 0.25) is 0 Å². The molecule has 0 aromatic heterocycles. The molecule has 0 radical (unpaired) electrons. The monoisotopic (exact) mass is 230 g/mol. The summed E-state index contributed by atoms with van der Waals surface area (Å²) < 4.78 is 5.25. The Kier molecular flexibility index (Phi) is 4.33. The smallest absolute Gasteiger partial charge is 0.291 e. The van der Waals surface area contributed by atoms with Gasteiger partial charge >= 0.3 is 0 Å². The molecule has 0 bridgehead atoms. The summed E-state index contributed by atoms with van der Waals surface area (Å²) in [6.07, 6.45) is 0.705. The number of halogens is 1. The normalized spacial score (nSPS) is 10.0. The van der Waals surface area contributed by atoms with Crippen molar-refractivity contribution in [2.24, 2.45) is 5.73 Å². The van der Waals surface area contributed by atoms with E-state index in [2.05, 4.69) is 0 Å². The molecule has 6 heteroatoms. The van der Waals surface area contributed by atoms with Gasteiger partial charge in [-0.15, -0.1) is 0 Å². The Labute approximate surface area is 91.9 Å². The Morgan fingerprint density at radius 2 is 2.27 bits per heavy atom. The zero-order valence-corrected chi connectivity index (χ0v) is 8.74. The lowest BCUT2D eigenvalue weighted by Gasteiger charge is -2.05. The van der Waals surface area contributed by atoms with Crippen molar-refractivity contribution >= 4 is 17.3 Å². The molecule has 2 N–H and O–H groups in total. The summed E-state index contributed by atoms with van der Waals surface area (Å²) in [5, 5.41) is 10.7. The second kappa shape index (κ2) is 5.53. The maximum Gasteiger partial charge on any atom is 0.291 e. The summed E-state index contributed by atoms with van der Waals surface area (Å²) in [5.74, 6) is 0.430. The van der Waals surface area contributed by atoms with E-state index in [0.717, 1.165) is 0 Å².